The minimum Gasteiger partial charge on any atom is -0.493 e. The molecule has 0 spiro atoms. The van der Waals surface area contributed by atoms with E-state index in [4.69, 9.17) is 4.74 Å². The normalized spacial score (nSPS) is 15.6. The van der Waals surface area contributed by atoms with Crippen LogP contribution in [0.5, 0.6) is 5.88 Å². The first-order valence-electron chi connectivity index (χ1n) is 12.8. The third-order valence-corrected chi connectivity index (χ3v) is 6.83. The summed E-state index contributed by atoms with van der Waals surface area (Å²) in [5.74, 6) is -0.556. The number of hydrogen-bond acceptors (Lipinski definition) is 5. The number of aromatic hydroxyl groups is 1. The van der Waals surface area contributed by atoms with Crippen molar-refractivity contribution in [1.29, 1.82) is 0 Å². The number of aryl methyl sites for hydroxylation is 2. The standard InChI is InChI=1S/C29H35N3O4/c1-5-20-13-10-14-21(6-2)26(20)32-24(18-36-19(3)4)30-27(33)25(29(32)35)28(34)31-16-15-23(17-31)22-11-8-7-9-12-22/h7-14,19,23,33H,5-6,15-18H2,1-4H3/t23-/m0/s1. The molecule has 1 aliphatic rings. The van der Waals surface area contributed by atoms with Crippen molar-refractivity contribution in [2.45, 2.75) is 65.6 Å². The lowest BCUT2D eigenvalue weighted by Crippen LogP contribution is -2.37. The molecular formula is C29H35N3O4. The molecule has 36 heavy (non-hydrogen) atoms. The number of carbonyl (C=O) groups is 1. The molecule has 1 atom stereocenters. The predicted molar refractivity (Wildman–Crippen MR) is 140 cm³/mol. The monoisotopic (exact) mass is 489 g/mol. The Hall–Kier alpha value is -3.45. The molecule has 4 rings (SSSR count). The van der Waals surface area contributed by atoms with Gasteiger partial charge >= 0.3 is 0 Å². The van der Waals surface area contributed by atoms with Gasteiger partial charge in [0.25, 0.3) is 11.5 Å². The lowest BCUT2D eigenvalue weighted by Gasteiger charge is -2.22. The van der Waals surface area contributed by atoms with Crippen LogP contribution in [0.4, 0.5) is 0 Å². The summed E-state index contributed by atoms with van der Waals surface area (Å²) >= 11 is 0. The van der Waals surface area contributed by atoms with E-state index < -0.39 is 17.3 Å². The number of nitrogens with zero attached hydrogens (tertiary/aromatic N) is 3. The maximum Gasteiger partial charge on any atom is 0.275 e. The van der Waals surface area contributed by atoms with Crippen LogP contribution >= 0.6 is 0 Å². The van der Waals surface area contributed by atoms with Crippen molar-refractivity contribution < 1.29 is 14.6 Å². The molecule has 190 valence electrons. The van der Waals surface area contributed by atoms with Gasteiger partial charge in [-0.3, -0.25) is 14.2 Å². The van der Waals surface area contributed by atoms with E-state index in [-0.39, 0.29) is 30.0 Å². The van der Waals surface area contributed by atoms with E-state index in [2.05, 4.69) is 17.1 Å². The quantitative estimate of drug-likeness (QED) is 0.499. The number of amides is 1. The Bertz CT molecular complexity index is 1260. The maximum atomic E-state index is 14.0. The van der Waals surface area contributed by atoms with Gasteiger partial charge in [-0.05, 0) is 49.8 Å². The molecule has 0 radical (unpaired) electrons. The average Bonchev–Trinajstić information content (AvgIpc) is 3.38. The molecule has 0 saturated carbocycles. The summed E-state index contributed by atoms with van der Waals surface area (Å²) in [6, 6.07) is 16.0. The summed E-state index contributed by atoms with van der Waals surface area (Å²) in [7, 11) is 0. The molecule has 1 amide bonds. The Morgan fingerprint density at radius 1 is 1.08 bits per heavy atom. The van der Waals surface area contributed by atoms with Gasteiger partial charge in [0.15, 0.2) is 5.56 Å². The molecule has 3 aromatic rings. The summed E-state index contributed by atoms with van der Waals surface area (Å²) in [5.41, 5.74) is 2.98. The lowest BCUT2D eigenvalue weighted by molar-refractivity contribution is 0.0592. The highest BCUT2D eigenvalue weighted by molar-refractivity contribution is 5.96. The van der Waals surface area contributed by atoms with Crippen LogP contribution in [0.15, 0.2) is 53.3 Å². The zero-order valence-electron chi connectivity index (χ0n) is 21.5. The number of carbonyl (C=O) groups excluding carboxylic acids is 1. The number of rotatable bonds is 8. The van der Waals surface area contributed by atoms with Gasteiger partial charge in [-0.1, -0.05) is 62.4 Å². The van der Waals surface area contributed by atoms with Gasteiger partial charge in [0, 0.05) is 19.0 Å². The highest BCUT2D eigenvalue weighted by Gasteiger charge is 2.33. The van der Waals surface area contributed by atoms with Gasteiger partial charge < -0.3 is 14.7 Å². The van der Waals surface area contributed by atoms with Crippen LogP contribution in [0.2, 0.25) is 0 Å². The smallest absolute Gasteiger partial charge is 0.275 e. The maximum absolute atomic E-state index is 14.0. The molecule has 2 aromatic carbocycles. The molecule has 0 aliphatic carbocycles. The second-order valence-corrected chi connectivity index (χ2v) is 9.51. The number of benzene rings is 2. The second kappa shape index (κ2) is 11.1. The van der Waals surface area contributed by atoms with Crippen LogP contribution in [0, 0.1) is 0 Å². The van der Waals surface area contributed by atoms with Gasteiger partial charge in [0.1, 0.15) is 12.4 Å². The minimum absolute atomic E-state index is 0.0376. The third-order valence-electron chi connectivity index (χ3n) is 6.83. The van der Waals surface area contributed by atoms with E-state index in [0.717, 1.165) is 23.2 Å². The molecule has 0 unspecified atom stereocenters. The molecule has 7 heteroatoms. The van der Waals surface area contributed by atoms with Crippen molar-refractivity contribution in [3.63, 3.8) is 0 Å². The van der Waals surface area contributed by atoms with Gasteiger partial charge in [0.2, 0.25) is 5.88 Å². The Balaban J connectivity index is 1.81. The molecule has 1 aliphatic heterocycles. The summed E-state index contributed by atoms with van der Waals surface area (Å²) in [6.45, 7) is 8.90. The third kappa shape index (κ3) is 5.07. The number of likely N-dealkylation sites (tertiary alicyclic amines) is 1. The van der Waals surface area contributed by atoms with E-state index in [1.165, 1.54) is 10.1 Å². The van der Waals surface area contributed by atoms with E-state index in [1.807, 2.05) is 64.1 Å². The van der Waals surface area contributed by atoms with Crippen LogP contribution in [-0.2, 0) is 24.2 Å². The minimum atomic E-state index is -0.561. The Labute approximate surface area is 212 Å². The highest BCUT2D eigenvalue weighted by atomic mass is 16.5. The molecule has 1 aromatic heterocycles. The SMILES string of the molecule is CCc1cccc(CC)c1-n1c(COC(C)C)nc(O)c(C(=O)N2CC[C@H](c3ccccc3)C2)c1=O. The molecule has 7 nitrogen and oxygen atoms in total. The van der Waals surface area contributed by atoms with Crippen molar-refractivity contribution in [3.05, 3.63) is 87.0 Å². The van der Waals surface area contributed by atoms with Gasteiger partial charge in [-0.25, -0.2) is 0 Å². The predicted octanol–water partition coefficient (Wildman–Crippen LogP) is 4.62. The van der Waals surface area contributed by atoms with E-state index in [0.29, 0.717) is 25.9 Å². The van der Waals surface area contributed by atoms with E-state index >= 15 is 0 Å². The van der Waals surface area contributed by atoms with Gasteiger partial charge in [-0.2, -0.15) is 4.98 Å². The molecular weight excluding hydrogens is 454 g/mol. The van der Waals surface area contributed by atoms with E-state index in [1.54, 1.807) is 4.90 Å². The van der Waals surface area contributed by atoms with Crippen molar-refractivity contribution in [2.24, 2.45) is 0 Å². The van der Waals surface area contributed by atoms with Crippen molar-refractivity contribution in [2.75, 3.05) is 13.1 Å². The molecule has 1 saturated heterocycles. The van der Waals surface area contributed by atoms with Crippen molar-refractivity contribution in [1.82, 2.24) is 14.5 Å². The second-order valence-electron chi connectivity index (χ2n) is 9.51. The first kappa shape index (κ1) is 25.6. The molecule has 2 heterocycles. The fraction of sp³-hybridized carbons (Fsp3) is 0.414. The first-order valence-corrected chi connectivity index (χ1v) is 12.8. The van der Waals surface area contributed by atoms with Crippen LogP contribution < -0.4 is 5.56 Å². The summed E-state index contributed by atoms with van der Waals surface area (Å²) in [5, 5.41) is 10.8. The lowest BCUT2D eigenvalue weighted by atomic mass is 9.99. The number of hydrogen-bond donors (Lipinski definition) is 1. The van der Waals surface area contributed by atoms with Crippen LogP contribution in [0.25, 0.3) is 5.69 Å². The number of para-hydroxylation sites is 1. The topological polar surface area (TPSA) is 84.7 Å². The zero-order valence-corrected chi connectivity index (χ0v) is 21.5. The largest absolute Gasteiger partial charge is 0.493 e. The fourth-order valence-electron chi connectivity index (χ4n) is 4.91. The molecule has 1 N–H and O–H groups in total. The van der Waals surface area contributed by atoms with Crippen molar-refractivity contribution in [3.8, 4) is 11.6 Å². The Morgan fingerprint density at radius 2 is 1.75 bits per heavy atom. The Kier molecular flexibility index (Phi) is 7.89. The summed E-state index contributed by atoms with van der Waals surface area (Å²) in [4.78, 5) is 33.6. The van der Waals surface area contributed by atoms with Crippen LogP contribution in [0.3, 0.4) is 0 Å². The molecule has 0 bridgehead atoms. The van der Waals surface area contributed by atoms with Crippen LogP contribution in [-0.4, -0.2) is 44.7 Å². The van der Waals surface area contributed by atoms with E-state index in [9.17, 15) is 14.7 Å². The first-order chi connectivity index (χ1) is 17.3. The summed E-state index contributed by atoms with van der Waals surface area (Å²) in [6.07, 6.45) is 2.12. The zero-order chi connectivity index (χ0) is 25.8. The van der Waals surface area contributed by atoms with Gasteiger partial charge in [-0.15, -0.1) is 0 Å². The molecule has 1 fully saturated rings. The highest BCUT2D eigenvalue weighted by Crippen LogP contribution is 2.29. The number of aromatic nitrogens is 2. The number of ether oxygens (including phenoxy) is 1. The average molecular weight is 490 g/mol. The van der Waals surface area contributed by atoms with Gasteiger partial charge in [0.05, 0.1) is 11.8 Å². The Morgan fingerprint density at radius 3 is 2.36 bits per heavy atom. The van der Waals surface area contributed by atoms with Crippen LogP contribution in [0.1, 0.15) is 72.9 Å². The van der Waals surface area contributed by atoms with Crippen molar-refractivity contribution >= 4 is 5.91 Å². The fourth-order valence-corrected chi connectivity index (χ4v) is 4.91. The summed E-state index contributed by atoms with van der Waals surface area (Å²) < 4.78 is 7.27.